The van der Waals surface area contributed by atoms with Crippen LogP contribution in [-0.2, 0) is 9.59 Å². The molecule has 8 nitrogen and oxygen atoms in total. The fraction of sp³-hybridized carbons (Fsp3) is 0.0833. The van der Waals surface area contributed by atoms with E-state index in [1.807, 2.05) is 13.0 Å². The Hall–Kier alpha value is -4.64. The maximum Gasteiger partial charge on any atom is 0.329 e. The minimum Gasteiger partial charge on any atom is -0.457 e. The molecule has 0 spiro atoms. The van der Waals surface area contributed by atoms with Crippen molar-refractivity contribution in [3.63, 3.8) is 0 Å². The summed E-state index contributed by atoms with van der Waals surface area (Å²) in [6.07, 6.45) is 1.41. The lowest BCUT2D eigenvalue weighted by Gasteiger charge is -2.12. The smallest absolute Gasteiger partial charge is 0.329 e. The van der Waals surface area contributed by atoms with Crippen LogP contribution in [0.4, 0.5) is 10.5 Å². The number of aryl methyl sites for hydroxylation is 1. The average Bonchev–Trinajstić information content (AvgIpc) is 3.34. The van der Waals surface area contributed by atoms with Crippen molar-refractivity contribution in [3.8, 4) is 17.4 Å². The van der Waals surface area contributed by atoms with Gasteiger partial charge in [-0.25, -0.2) is 9.69 Å². The molecule has 4 rings (SSSR count). The minimum atomic E-state index is -0.681. The Morgan fingerprint density at radius 3 is 2.66 bits per heavy atom. The van der Waals surface area contributed by atoms with E-state index in [0.717, 1.165) is 16.0 Å². The summed E-state index contributed by atoms with van der Waals surface area (Å²) in [5.74, 6) is -0.196. The van der Waals surface area contributed by atoms with Crippen molar-refractivity contribution in [1.82, 2.24) is 10.2 Å². The number of benzene rings is 2. The van der Waals surface area contributed by atoms with Crippen LogP contribution in [-0.4, -0.2) is 29.3 Å². The van der Waals surface area contributed by atoms with E-state index in [1.165, 1.54) is 6.08 Å². The van der Waals surface area contributed by atoms with E-state index < -0.39 is 24.4 Å². The van der Waals surface area contributed by atoms with Gasteiger partial charge in [0.05, 0.1) is 11.6 Å². The van der Waals surface area contributed by atoms with Gasteiger partial charge in [0.15, 0.2) is 0 Å². The standard InChI is InChI=1S/C24H18N4O4/c1-15-3-2-4-18(11-15)26-22(29)14-28-23(30)20(27-24(28)31)12-19-9-10-21(32-19)17-7-5-16(13-25)6-8-17/h2-12H,14H2,1H3,(H,26,29)(H,27,31)/b20-12+. The maximum atomic E-state index is 12.6. The zero-order valence-corrected chi connectivity index (χ0v) is 17.1. The number of imide groups is 1. The number of rotatable bonds is 5. The van der Waals surface area contributed by atoms with Gasteiger partial charge in [0.1, 0.15) is 23.8 Å². The predicted octanol–water partition coefficient (Wildman–Crippen LogP) is 3.66. The van der Waals surface area contributed by atoms with Crippen LogP contribution in [0.25, 0.3) is 17.4 Å². The molecule has 1 fully saturated rings. The Balaban J connectivity index is 1.44. The normalized spacial score (nSPS) is 14.4. The van der Waals surface area contributed by atoms with Crippen LogP contribution in [0.3, 0.4) is 0 Å². The highest BCUT2D eigenvalue weighted by Crippen LogP contribution is 2.24. The molecule has 2 heterocycles. The Bertz CT molecular complexity index is 1280. The van der Waals surface area contributed by atoms with Crippen molar-refractivity contribution < 1.29 is 18.8 Å². The van der Waals surface area contributed by atoms with Gasteiger partial charge in [-0.3, -0.25) is 9.59 Å². The molecule has 0 unspecified atom stereocenters. The highest BCUT2D eigenvalue weighted by molar-refractivity contribution is 6.15. The lowest BCUT2D eigenvalue weighted by molar-refractivity contribution is -0.127. The van der Waals surface area contributed by atoms with E-state index in [0.29, 0.717) is 22.8 Å². The summed E-state index contributed by atoms with van der Waals surface area (Å²) in [5.41, 5.74) is 2.88. The maximum absolute atomic E-state index is 12.6. The van der Waals surface area contributed by atoms with E-state index in [-0.39, 0.29) is 5.70 Å². The first kappa shape index (κ1) is 20.6. The Kier molecular flexibility index (Phi) is 5.55. The fourth-order valence-electron chi connectivity index (χ4n) is 3.22. The lowest BCUT2D eigenvalue weighted by atomic mass is 10.1. The van der Waals surface area contributed by atoms with Crippen molar-refractivity contribution in [2.24, 2.45) is 0 Å². The van der Waals surface area contributed by atoms with Crippen LogP contribution in [0, 0.1) is 18.3 Å². The van der Waals surface area contributed by atoms with E-state index >= 15 is 0 Å². The highest BCUT2D eigenvalue weighted by atomic mass is 16.3. The van der Waals surface area contributed by atoms with E-state index in [1.54, 1.807) is 54.6 Å². The first-order valence-electron chi connectivity index (χ1n) is 9.74. The first-order chi connectivity index (χ1) is 15.4. The van der Waals surface area contributed by atoms with Crippen LogP contribution in [0.5, 0.6) is 0 Å². The van der Waals surface area contributed by atoms with E-state index in [2.05, 4.69) is 16.7 Å². The van der Waals surface area contributed by atoms with E-state index in [9.17, 15) is 14.4 Å². The molecule has 0 saturated carbocycles. The second-order valence-corrected chi connectivity index (χ2v) is 7.19. The van der Waals surface area contributed by atoms with Gasteiger partial charge in [-0.2, -0.15) is 5.26 Å². The number of nitrogens with one attached hydrogen (secondary N) is 2. The number of carbonyl (C=O) groups excluding carboxylic acids is 3. The van der Waals surface area contributed by atoms with Crippen molar-refractivity contribution >= 4 is 29.6 Å². The number of hydrogen-bond donors (Lipinski definition) is 2. The molecule has 1 aliphatic rings. The third-order valence-corrected chi connectivity index (χ3v) is 4.78. The zero-order valence-electron chi connectivity index (χ0n) is 17.1. The second kappa shape index (κ2) is 8.62. The molecule has 4 amide bonds. The minimum absolute atomic E-state index is 0.0130. The average molecular weight is 426 g/mol. The van der Waals surface area contributed by atoms with Crippen LogP contribution in [0.15, 0.2) is 70.8 Å². The monoisotopic (exact) mass is 426 g/mol. The topological polar surface area (TPSA) is 115 Å². The van der Waals surface area contributed by atoms with Crippen LogP contribution >= 0.6 is 0 Å². The molecule has 32 heavy (non-hydrogen) atoms. The van der Waals surface area contributed by atoms with Crippen molar-refractivity contribution in [2.45, 2.75) is 6.92 Å². The molecule has 2 N–H and O–H groups in total. The quantitative estimate of drug-likeness (QED) is 0.477. The third kappa shape index (κ3) is 4.42. The molecule has 0 aliphatic carbocycles. The predicted molar refractivity (Wildman–Crippen MR) is 117 cm³/mol. The molecule has 3 aromatic rings. The molecule has 158 valence electrons. The summed E-state index contributed by atoms with van der Waals surface area (Å²) < 4.78 is 5.73. The van der Waals surface area contributed by atoms with Crippen LogP contribution in [0.2, 0.25) is 0 Å². The highest BCUT2D eigenvalue weighted by Gasteiger charge is 2.35. The number of nitrogens with zero attached hydrogens (tertiary/aromatic N) is 2. The number of urea groups is 1. The molecule has 0 atom stereocenters. The van der Waals surface area contributed by atoms with Gasteiger partial charge in [0, 0.05) is 17.3 Å². The number of carbonyl (C=O) groups is 3. The number of nitriles is 1. The van der Waals surface area contributed by atoms with Gasteiger partial charge in [0.25, 0.3) is 5.91 Å². The van der Waals surface area contributed by atoms with Crippen molar-refractivity contribution in [3.05, 3.63) is 83.2 Å². The molecule has 8 heteroatoms. The number of amides is 4. The number of furan rings is 1. The SMILES string of the molecule is Cc1cccc(NC(=O)CN2C(=O)N/C(=C/c3ccc(-c4ccc(C#N)cc4)o3)C2=O)c1. The fourth-order valence-corrected chi connectivity index (χ4v) is 3.22. The zero-order chi connectivity index (χ0) is 22.7. The summed E-state index contributed by atoms with van der Waals surface area (Å²) >= 11 is 0. The summed E-state index contributed by atoms with van der Waals surface area (Å²) in [6, 6.07) is 18.8. The molecular weight excluding hydrogens is 408 g/mol. The van der Waals surface area contributed by atoms with Gasteiger partial charge >= 0.3 is 6.03 Å². The Labute approximate surface area is 183 Å². The largest absolute Gasteiger partial charge is 0.457 e. The van der Waals surface area contributed by atoms with Gasteiger partial charge in [-0.15, -0.1) is 0 Å². The van der Waals surface area contributed by atoms with Crippen LogP contribution < -0.4 is 10.6 Å². The molecule has 0 radical (unpaired) electrons. The Morgan fingerprint density at radius 1 is 1.16 bits per heavy atom. The van der Waals surface area contributed by atoms with E-state index in [4.69, 9.17) is 9.68 Å². The summed E-state index contributed by atoms with van der Waals surface area (Å²) in [5, 5.41) is 14.0. The van der Waals surface area contributed by atoms with Gasteiger partial charge < -0.3 is 15.1 Å². The molecule has 1 aliphatic heterocycles. The van der Waals surface area contributed by atoms with Gasteiger partial charge in [-0.1, -0.05) is 12.1 Å². The molecule has 1 saturated heterocycles. The van der Waals surface area contributed by atoms with Crippen molar-refractivity contribution in [1.29, 1.82) is 5.26 Å². The molecular formula is C24H18N4O4. The molecule has 0 bridgehead atoms. The number of anilines is 1. The van der Waals surface area contributed by atoms with Gasteiger partial charge in [0.2, 0.25) is 5.91 Å². The summed E-state index contributed by atoms with van der Waals surface area (Å²) in [4.78, 5) is 38.0. The third-order valence-electron chi connectivity index (χ3n) is 4.78. The first-order valence-corrected chi connectivity index (χ1v) is 9.74. The number of hydrogen-bond acceptors (Lipinski definition) is 5. The summed E-state index contributed by atoms with van der Waals surface area (Å²) in [6.45, 7) is 1.48. The summed E-state index contributed by atoms with van der Waals surface area (Å²) in [7, 11) is 0. The van der Waals surface area contributed by atoms with Gasteiger partial charge in [-0.05, 0) is 61.0 Å². The molecule has 2 aromatic carbocycles. The second-order valence-electron chi connectivity index (χ2n) is 7.19. The lowest BCUT2D eigenvalue weighted by Crippen LogP contribution is -2.38. The van der Waals surface area contributed by atoms with Crippen LogP contribution in [0.1, 0.15) is 16.9 Å². The molecule has 1 aromatic heterocycles. The Morgan fingerprint density at radius 2 is 1.94 bits per heavy atom. The van der Waals surface area contributed by atoms with Crippen molar-refractivity contribution in [2.75, 3.05) is 11.9 Å².